The Kier molecular flexibility index (Phi) is 6.33. The van der Waals surface area contributed by atoms with Gasteiger partial charge in [-0.3, -0.25) is 4.90 Å². The van der Waals surface area contributed by atoms with Crippen molar-refractivity contribution < 1.29 is 27.4 Å². The van der Waals surface area contributed by atoms with Crippen LogP contribution in [0, 0.1) is 0 Å². The minimum atomic E-state index is -2.92. The first kappa shape index (κ1) is 20.6. The number of alkyl halides is 2. The number of nitrogens with zero attached hydrogens (tertiary/aromatic N) is 1. The third-order valence-electron chi connectivity index (χ3n) is 4.37. The second-order valence-corrected chi connectivity index (χ2v) is 6.49. The highest BCUT2D eigenvalue weighted by molar-refractivity contribution is 5.81. The molecule has 2 aromatic carbocycles. The molecule has 0 saturated heterocycles. The van der Waals surface area contributed by atoms with Crippen molar-refractivity contribution in [2.75, 3.05) is 21.3 Å². The van der Waals surface area contributed by atoms with Crippen molar-refractivity contribution >= 4 is 11.0 Å². The molecule has 154 valence electrons. The molecule has 3 rings (SSSR count). The first-order valence-corrected chi connectivity index (χ1v) is 8.80. The van der Waals surface area contributed by atoms with Gasteiger partial charge in [0.05, 0.1) is 14.2 Å². The largest absolute Gasteiger partial charge is 0.497 e. The summed E-state index contributed by atoms with van der Waals surface area (Å²) < 4.78 is 45.0. The van der Waals surface area contributed by atoms with E-state index in [2.05, 4.69) is 4.74 Å². The Balaban J connectivity index is 1.80. The normalized spacial score (nSPS) is 11.3. The summed E-state index contributed by atoms with van der Waals surface area (Å²) in [5.41, 5.74) is 1.67. The number of halogens is 2. The monoisotopic (exact) mass is 405 g/mol. The van der Waals surface area contributed by atoms with Crippen molar-refractivity contribution in [1.29, 1.82) is 0 Å². The quantitative estimate of drug-likeness (QED) is 0.527. The van der Waals surface area contributed by atoms with Crippen LogP contribution in [0.1, 0.15) is 11.1 Å². The second-order valence-electron chi connectivity index (χ2n) is 6.49. The van der Waals surface area contributed by atoms with Crippen LogP contribution in [0.5, 0.6) is 17.2 Å². The molecule has 29 heavy (non-hydrogen) atoms. The molecule has 0 spiro atoms. The van der Waals surface area contributed by atoms with Crippen molar-refractivity contribution in [3.05, 3.63) is 64.0 Å². The molecule has 0 radical (unpaired) electrons. The van der Waals surface area contributed by atoms with Gasteiger partial charge in [0.15, 0.2) is 11.5 Å². The molecule has 0 N–H and O–H groups in total. The summed E-state index contributed by atoms with van der Waals surface area (Å²) in [4.78, 5) is 13.9. The number of rotatable bonds is 8. The van der Waals surface area contributed by atoms with Crippen molar-refractivity contribution in [1.82, 2.24) is 4.90 Å². The topological polar surface area (TPSA) is 61.1 Å². The van der Waals surface area contributed by atoms with E-state index < -0.39 is 12.2 Å². The fraction of sp³-hybridized carbons (Fsp3) is 0.286. The lowest BCUT2D eigenvalue weighted by Crippen LogP contribution is -2.18. The van der Waals surface area contributed by atoms with Crippen LogP contribution in [0.25, 0.3) is 11.0 Å². The molecule has 0 saturated carbocycles. The smallest absolute Gasteiger partial charge is 0.387 e. The average molecular weight is 405 g/mol. The lowest BCUT2D eigenvalue weighted by atomic mass is 10.1. The molecule has 8 heteroatoms. The summed E-state index contributed by atoms with van der Waals surface area (Å²) >= 11 is 0. The molecule has 0 aliphatic rings. The van der Waals surface area contributed by atoms with Crippen LogP contribution >= 0.6 is 0 Å². The lowest BCUT2D eigenvalue weighted by Gasteiger charge is -2.19. The van der Waals surface area contributed by atoms with Crippen molar-refractivity contribution in [2.45, 2.75) is 19.7 Å². The summed E-state index contributed by atoms with van der Waals surface area (Å²) in [6.07, 6.45) is 0. The molecule has 1 aromatic heterocycles. The highest BCUT2D eigenvalue weighted by atomic mass is 19.3. The van der Waals surface area contributed by atoms with Crippen LogP contribution in [0.3, 0.4) is 0 Å². The summed E-state index contributed by atoms with van der Waals surface area (Å²) in [6.45, 7) is -1.94. The highest BCUT2D eigenvalue weighted by Crippen LogP contribution is 2.30. The van der Waals surface area contributed by atoms with Gasteiger partial charge in [0.25, 0.3) is 0 Å². The Labute approximate surface area is 166 Å². The maximum Gasteiger partial charge on any atom is 0.387 e. The van der Waals surface area contributed by atoms with Crippen molar-refractivity contribution in [2.24, 2.45) is 0 Å². The van der Waals surface area contributed by atoms with E-state index in [1.54, 1.807) is 31.4 Å². The van der Waals surface area contributed by atoms with Gasteiger partial charge < -0.3 is 18.6 Å². The zero-order chi connectivity index (χ0) is 21.0. The van der Waals surface area contributed by atoms with Gasteiger partial charge in [0.1, 0.15) is 11.3 Å². The Hall–Kier alpha value is -3.13. The van der Waals surface area contributed by atoms with E-state index in [9.17, 15) is 13.6 Å². The average Bonchev–Trinajstić information content (AvgIpc) is 2.68. The Morgan fingerprint density at radius 1 is 1.00 bits per heavy atom. The minimum Gasteiger partial charge on any atom is -0.497 e. The van der Waals surface area contributed by atoms with Gasteiger partial charge in [-0.25, -0.2) is 4.79 Å². The number of hydrogen-bond acceptors (Lipinski definition) is 6. The molecule has 0 amide bonds. The lowest BCUT2D eigenvalue weighted by molar-refractivity contribution is -0.0512. The number of ether oxygens (including phenoxy) is 3. The van der Waals surface area contributed by atoms with Gasteiger partial charge >= 0.3 is 12.2 Å². The standard InChI is InChI=1S/C21H21F2NO5/c1-24(11-13-4-7-17(29-21(22)23)19(8-13)27-3)12-14-9-20(25)28-18-10-15(26-2)5-6-16(14)18/h4-10,21H,11-12H2,1-3H3. The van der Waals surface area contributed by atoms with Crippen LogP contribution in [-0.2, 0) is 13.1 Å². The van der Waals surface area contributed by atoms with E-state index in [-0.39, 0.29) is 11.5 Å². The maximum absolute atomic E-state index is 12.5. The second kappa shape index (κ2) is 8.91. The number of methoxy groups -OCH3 is 2. The molecular weight excluding hydrogens is 384 g/mol. The summed E-state index contributed by atoms with van der Waals surface area (Å²) in [5, 5.41) is 0.815. The summed E-state index contributed by atoms with van der Waals surface area (Å²) in [6, 6.07) is 11.6. The van der Waals surface area contributed by atoms with Crippen molar-refractivity contribution in [3.8, 4) is 17.2 Å². The SMILES string of the molecule is COc1ccc2c(CN(C)Cc3ccc(OC(F)F)c(OC)c3)cc(=O)oc2c1. The van der Waals surface area contributed by atoms with E-state index >= 15 is 0 Å². The van der Waals surface area contributed by atoms with Crippen LogP contribution in [0.15, 0.2) is 51.7 Å². The van der Waals surface area contributed by atoms with Gasteiger partial charge in [0, 0.05) is 30.6 Å². The van der Waals surface area contributed by atoms with Gasteiger partial charge in [-0.2, -0.15) is 8.78 Å². The van der Waals surface area contributed by atoms with Gasteiger partial charge in [-0.1, -0.05) is 6.07 Å². The summed E-state index contributed by atoms with van der Waals surface area (Å²) in [5.74, 6) is 0.813. The Bertz CT molecular complexity index is 1050. The van der Waals surface area contributed by atoms with Crippen LogP contribution in [-0.4, -0.2) is 32.8 Å². The first-order chi connectivity index (χ1) is 13.9. The van der Waals surface area contributed by atoms with E-state index in [1.807, 2.05) is 18.0 Å². The minimum absolute atomic E-state index is 0.0190. The Morgan fingerprint density at radius 2 is 1.79 bits per heavy atom. The summed E-state index contributed by atoms with van der Waals surface area (Å²) in [7, 11) is 4.83. The van der Waals surface area contributed by atoms with E-state index in [1.165, 1.54) is 19.2 Å². The number of fused-ring (bicyclic) bond motifs is 1. The molecular formula is C21H21F2NO5. The highest BCUT2D eigenvalue weighted by Gasteiger charge is 2.13. The van der Waals surface area contributed by atoms with E-state index in [4.69, 9.17) is 13.9 Å². The zero-order valence-corrected chi connectivity index (χ0v) is 16.3. The zero-order valence-electron chi connectivity index (χ0n) is 16.3. The molecule has 0 aliphatic heterocycles. The molecule has 3 aromatic rings. The van der Waals surface area contributed by atoms with Crippen molar-refractivity contribution in [3.63, 3.8) is 0 Å². The first-order valence-electron chi connectivity index (χ1n) is 8.80. The van der Waals surface area contributed by atoms with Gasteiger partial charge in [-0.05, 0) is 42.4 Å². The van der Waals surface area contributed by atoms with Crippen LogP contribution in [0.2, 0.25) is 0 Å². The van der Waals surface area contributed by atoms with E-state index in [0.717, 1.165) is 16.5 Å². The molecule has 1 heterocycles. The third-order valence-corrected chi connectivity index (χ3v) is 4.37. The molecule has 0 fully saturated rings. The molecule has 0 aliphatic carbocycles. The molecule has 0 bridgehead atoms. The molecule has 0 unspecified atom stereocenters. The van der Waals surface area contributed by atoms with E-state index in [0.29, 0.717) is 24.4 Å². The van der Waals surface area contributed by atoms with Crippen LogP contribution < -0.4 is 19.8 Å². The van der Waals surface area contributed by atoms with Crippen LogP contribution in [0.4, 0.5) is 8.78 Å². The predicted molar refractivity (Wildman–Crippen MR) is 104 cm³/mol. The maximum atomic E-state index is 12.5. The number of benzene rings is 2. The Morgan fingerprint density at radius 3 is 2.48 bits per heavy atom. The van der Waals surface area contributed by atoms with Gasteiger partial charge in [-0.15, -0.1) is 0 Å². The third kappa shape index (κ3) is 5.03. The molecule has 6 nitrogen and oxygen atoms in total. The molecule has 0 atom stereocenters. The van der Waals surface area contributed by atoms with Gasteiger partial charge in [0.2, 0.25) is 0 Å². The number of hydrogen-bond donors (Lipinski definition) is 0. The predicted octanol–water partition coefficient (Wildman–Crippen LogP) is 4.04. The fourth-order valence-electron chi connectivity index (χ4n) is 3.13. The fourth-order valence-corrected chi connectivity index (χ4v) is 3.13.